The minimum atomic E-state index is -0.248. The van der Waals surface area contributed by atoms with Crippen LogP contribution in [0.25, 0.3) is 15.9 Å². The van der Waals surface area contributed by atoms with Gasteiger partial charge in [0.2, 0.25) is 0 Å². The molecule has 0 saturated carbocycles. The molecule has 3 nitrogen and oxygen atoms in total. The molecule has 0 fully saturated rings. The van der Waals surface area contributed by atoms with Crippen molar-refractivity contribution in [3.63, 3.8) is 0 Å². The molecule has 0 radical (unpaired) electrons. The van der Waals surface area contributed by atoms with Crippen LogP contribution in [0.3, 0.4) is 0 Å². The topological polar surface area (TPSA) is 34.9 Å². The minimum absolute atomic E-state index is 0.0159. The quantitative estimate of drug-likeness (QED) is 0.221. The van der Waals surface area contributed by atoms with E-state index in [1.807, 2.05) is 31.2 Å². The summed E-state index contributed by atoms with van der Waals surface area (Å²) in [5, 5.41) is 1.47. The van der Waals surface area contributed by atoms with E-state index < -0.39 is 0 Å². The highest BCUT2D eigenvalue weighted by Crippen LogP contribution is 2.42. The van der Waals surface area contributed by atoms with Crippen LogP contribution in [0.1, 0.15) is 48.8 Å². The van der Waals surface area contributed by atoms with Crippen LogP contribution in [0.2, 0.25) is 0 Å². The zero-order valence-electron chi connectivity index (χ0n) is 20.0. The van der Waals surface area contributed by atoms with Crippen molar-refractivity contribution in [3.05, 3.63) is 86.3 Å². The monoisotopic (exact) mass is 492 g/mol. The van der Waals surface area contributed by atoms with Gasteiger partial charge in [0.1, 0.15) is 10.6 Å². The molecular weight excluding hydrogens is 463 g/mol. The Morgan fingerprint density at radius 3 is 2.50 bits per heavy atom. The Bertz CT molecular complexity index is 1400. The van der Waals surface area contributed by atoms with Crippen LogP contribution < -0.4 is 5.56 Å². The van der Waals surface area contributed by atoms with E-state index in [-0.39, 0.29) is 16.8 Å². The van der Waals surface area contributed by atoms with Crippen LogP contribution in [0.5, 0.6) is 0 Å². The predicted octanol–water partition coefficient (Wildman–Crippen LogP) is 7.34. The molecule has 34 heavy (non-hydrogen) atoms. The largest absolute Gasteiger partial charge is 0.268 e. The summed E-state index contributed by atoms with van der Waals surface area (Å²) in [5.74, 6) is 0.976. The van der Waals surface area contributed by atoms with E-state index in [9.17, 15) is 9.18 Å². The normalized spacial score (nSPS) is 16.1. The third-order valence-electron chi connectivity index (χ3n) is 6.85. The second-order valence-electron chi connectivity index (χ2n) is 10.3. The fourth-order valence-electron chi connectivity index (χ4n) is 4.69. The van der Waals surface area contributed by atoms with Crippen LogP contribution in [0, 0.1) is 24.1 Å². The molecule has 2 heterocycles. The molecule has 1 atom stereocenters. The molecule has 1 unspecified atom stereocenters. The third kappa shape index (κ3) is 4.46. The number of halogens is 1. The van der Waals surface area contributed by atoms with Crippen LogP contribution in [-0.4, -0.2) is 9.55 Å². The second kappa shape index (κ2) is 8.97. The Kier molecular flexibility index (Phi) is 6.15. The summed E-state index contributed by atoms with van der Waals surface area (Å²) in [6.07, 6.45) is 3.05. The van der Waals surface area contributed by atoms with Crippen LogP contribution >= 0.6 is 23.1 Å². The number of aromatic nitrogens is 2. The summed E-state index contributed by atoms with van der Waals surface area (Å²) in [6, 6.07) is 14.5. The Hall–Kier alpha value is -2.44. The highest BCUT2D eigenvalue weighted by Gasteiger charge is 2.32. The Morgan fingerprint density at radius 1 is 1.12 bits per heavy atom. The van der Waals surface area contributed by atoms with E-state index in [2.05, 4.69) is 20.8 Å². The molecule has 1 aliphatic carbocycles. The minimum Gasteiger partial charge on any atom is -0.268 e. The summed E-state index contributed by atoms with van der Waals surface area (Å²) in [7, 11) is 0. The van der Waals surface area contributed by atoms with Crippen molar-refractivity contribution < 1.29 is 4.39 Å². The maximum Gasteiger partial charge on any atom is 0.267 e. The average molecular weight is 493 g/mol. The lowest BCUT2D eigenvalue weighted by molar-refractivity contribution is 0.218. The summed E-state index contributed by atoms with van der Waals surface area (Å²) in [4.78, 5) is 21.2. The van der Waals surface area contributed by atoms with Crippen molar-refractivity contribution in [2.24, 2.45) is 11.3 Å². The maximum absolute atomic E-state index is 14.0. The molecule has 0 spiro atoms. The molecule has 0 aliphatic heterocycles. The summed E-state index contributed by atoms with van der Waals surface area (Å²) < 4.78 is 15.1. The van der Waals surface area contributed by atoms with E-state index in [1.165, 1.54) is 34.3 Å². The average Bonchev–Trinajstić information content (AvgIpc) is 3.17. The zero-order valence-corrected chi connectivity index (χ0v) is 21.7. The van der Waals surface area contributed by atoms with E-state index in [1.54, 1.807) is 28.0 Å². The molecule has 0 N–H and O–H groups in total. The molecule has 0 bridgehead atoms. The van der Waals surface area contributed by atoms with Crippen LogP contribution in [0.15, 0.2) is 58.5 Å². The maximum atomic E-state index is 14.0. The molecule has 2 aromatic carbocycles. The highest BCUT2D eigenvalue weighted by molar-refractivity contribution is 7.98. The van der Waals surface area contributed by atoms with Gasteiger partial charge in [-0.2, -0.15) is 0 Å². The number of fused-ring (bicyclic) bond motifs is 3. The molecule has 2 aromatic heterocycles. The van der Waals surface area contributed by atoms with Crippen molar-refractivity contribution in [3.8, 4) is 5.69 Å². The lowest BCUT2D eigenvalue weighted by Crippen LogP contribution is -2.27. The molecule has 6 heteroatoms. The van der Waals surface area contributed by atoms with Gasteiger partial charge in [-0.05, 0) is 72.9 Å². The molecule has 176 valence electrons. The summed E-state index contributed by atoms with van der Waals surface area (Å²) >= 11 is 3.21. The predicted molar refractivity (Wildman–Crippen MR) is 141 cm³/mol. The Balaban J connectivity index is 1.62. The smallest absolute Gasteiger partial charge is 0.267 e. The molecule has 0 saturated heterocycles. The Labute approximate surface area is 208 Å². The molecule has 5 rings (SSSR count). The van der Waals surface area contributed by atoms with Crippen LogP contribution in [-0.2, 0) is 18.6 Å². The Morgan fingerprint density at radius 2 is 1.82 bits per heavy atom. The van der Waals surface area contributed by atoms with Gasteiger partial charge < -0.3 is 0 Å². The first kappa shape index (κ1) is 23.3. The van der Waals surface area contributed by atoms with Crippen molar-refractivity contribution in [2.45, 2.75) is 57.9 Å². The van der Waals surface area contributed by atoms with Crippen molar-refractivity contribution in [1.82, 2.24) is 9.55 Å². The van der Waals surface area contributed by atoms with Gasteiger partial charge in [-0.25, -0.2) is 9.37 Å². The first-order valence-electron chi connectivity index (χ1n) is 11.7. The van der Waals surface area contributed by atoms with Gasteiger partial charge in [0.25, 0.3) is 5.56 Å². The van der Waals surface area contributed by atoms with E-state index >= 15 is 0 Å². The second-order valence-corrected chi connectivity index (χ2v) is 12.3. The number of aryl methyl sites for hydroxylation is 2. The SMILES string of the molecule is Cc1ccc(-n2c(SCc3ccc(F)cc3)nc3sc4c(c3c2=O)CCC(C(C)(C)C)C4)cc1. The van der Waals surface area contributed by atoms with Gasteiger partial charge in [-0.15, -0.1) is 11.3 Å². The van der Waals surface area contributed by atoms with E-state index in [0.717, 1.165) is 46.3 Å². The van der Waals surface area contributed by atoms with E-state index in [0.29, 0.717) is 16.8 Å². The number of nitrogens with zero attached hydrogens (tertiary/aromatic N) is 2. The standard InChI is InChI=1S/C28H29FN2OS2/c1-17-5-12-21(13-6-17)31-26(32)24-22-14-9-19(28(2,3)4)15-23(22)34-25(24)30-27(31)33-16-18-7-10-20(29)11-8-18/h5-8,10-13,19H,9,14-16H2,1-4H3. The number of rotatable bonds is 4. The summed E-state index contributed by atoms with van der Waals surface area (Å²) in [6.45, 7) is 8.97. The van der Waals surface area contributed by atoms with Crippen molar-refractivity contribution >= 4 is 33.3 Å². The number of hydrogen-bond donors (Lipinski definition) is 0. The molecular formula is C28H29FN2OS2. The number of benzene rings is 2. The van der Waals surface area contributed by atoms with Gasteiger partial charge in [-0.1, -0.05) is 62.4 Å². The van der Waals surface area contributed by atoms with Crippen molar-refractivity contribution in [1.29, 1.82) is 0 Å². The first-order valence-corrected chi connectivity index (χ1v) is 13.5. The molecule has 1 aliphatic rings. The lowest BCUT2D eigenvalue weighted by atomic mass is 9.72. The van der Waals surface area contributed by atoms with E-state index in [4.69, 9.17) is 4.98 Å². The van der Waals surface area contributed by atoms with Gasteiger partial charge in [0.15, 0.2) is 5.16 Å². The van der Waals surface area contributed by atoms with Gasteiger partial charge >= 0.3 is 0 Å². The highest BCUT2D eigenvalue weighted by atomic mass is 32.2. The zero-order chi connectivity index (χ0) is 24.0. The van der Waals surface area contributed by atoms with Gasteiger partial charge in [0, 0.05) is 10.6 Å². The van der Waals surface area contributed by atoms with Gasteiger partial charge in [-0.3, -0.25) is 9.36 Å². The van der Waals surface area contributed by atoms with Crippen molar-refractivity contribution in [2.75, 3.05) is 0 Å². The van der Waals surface area contributed by atoms with Crippen LogP contribution in [0.4, 0.5) is 4.39 Å². The summed E-state index contributed by atoms with van der Waals surface area (Å²) in [5.41, 5.74) is 4.44. The first-order chi connectivity index (χ1) is 16.2. The fraction of sp³-hybridized carbons (Fsp3) is 0.357. The molecule has 4 aromatic rings. The molecule has 0 amide bonds. The third-order valence-corrected chi connectivity index (χ3v) is 9.01. The fourth-order valence-corrected chi connectivity index (χ4v) is 7.00. The number of hydrogen-bond acceptors (Lipinski definition) is 4. The number of thiophene rings is 1. The number of thioether (sulfide) groups is 1. The van der Waals surface area contributed by atoms with Gasteiger partial charge in [0.05, 0.1) is 11.1 Å². The lowest BCUT2D eigenvalue weighted by Gasteiger charge is -2.33.